The van der Waals surface area contributed by atoms with Crippen molar-refractivity contribution < 1.29 is 9.90 Å². The van der Waals surface area contributed by atoms with Crippen molar-refractivity contribution in [2.75, 3.05) is 0 Å². The first-order valence-corrected chi connectivity index (χ1v) is 6.08. The van der Waals surface area contributed by atoms with Crippen LogP contribution in [0.5, 0.6) is 0 Å². The minimum atomic E-state index is -1.31. The molecule has 18 heavy (non-hydrogen) atoms. The van der Waals surface area contributed by atoms with E-state index in [1.165, 1.54) is 0 Å². The first-order valence-electron chi connectivity index (χ1n) is 5.32. The second-order valence-corrected chi connectivity index (χ2v) is 4.58. The Morgan fingerprint density at radius 3 is 2.11 bits per heavy atom. The highest BCUT2D eigenvalue weighted by atomic mass is 35.5. The molecule has 0 saturated heterocycles. The normalized spacial score (nSPS) is 12.2. The lowest BCUT2D eigenvalue weighted by Gasteiger charge is -2.12. The number of aliphatic hydroxyl groups excluding tert-OH is 1. The van der Waals surface area contributed by atoms with Crippen LogP contribution in [-0.2, 0) is 0 Å². The number of rotatable bonds is 3. The molecule has 0 unspecified atom stereocenters. The molecule has 2 rings (SSSR count). The van der Waals surface area contributed by atoms with Gasteiger partial charge in [-0.25, -0.2) is 0 Å². The van der Waals surface area contributed by atoms with E-state index in [1.54, 1.807) is 48.5 Å². The number of benzene rings is 2. The standard InChI is InChI=1S/C14H10Cl2O2/c15-11-7-3-1-5-9(11)13(17)14(18)10-6-2-4-8-12(10)16/h1-8,13,17H/t13-/m1/s1. The fourth-order valence-corrected chi connectivity index (χ4v) is 2.11. The van der Waals surface area contributed by atoms with Crippen LogP contribution in [-0.4, -0.2) is 10.9 Å². The predicted molar refractivity (Wildman–Crippen MR) is 72.2 cm³/mol. The molecular formula is C14H10Cl2O2. The smallest absolute Gasteiger partial charge is 0.197 e. The Morgan fingerprint density at radius 1 is 0.944 bits per heavy atom. The third-order valence-electron chi connectivity index (χ3n) is 2.59. The number of hydrogen-bond acceptors (Lipinski definition) is 2. The number of aliphatic hydroxyl groups is 1. The first-order chi connectivity index (χ1) is 8.61. The van der Waals surface area contributed by atoms with Crippen LogP contribution in [0.15, 0.2) is 48.5 Å². The van der Waals surface area contributed by atoms with E-state index in [4.69, 9.17) is 23.2 Å². The minimum absolute atomic E-state index is 0.284. The number of Topliss-reactive ketones (excluding diaryl/α,β-unsaturated/α-hetero) is 1. The molecule has 0 aliphatic rings. The molecule has 0 spiro atoms. The number of hydrogen-bond donors (Lipinski definition) is 1. The van der Waals surface area contributed by atoms with E-state index < -0.39 is 11.9 Å². The lowest BCUT2D eigenvalue weighted by molar-refractivity contribution is 0.0748. The van der Waals surface area contributed by atoms with Crippen LogP contribution < -0.4 is 0 Å². The van der Waals surface area contributed by atoms with Crippen LogP contribution >= 0.6 is 23.2 Å². The SMILES string of the molecule is O=C(c1ccccc1Cl)[C@H](O)c1ccccc1Cl. The molecule has 0 heterocycles. The summed E-state index contributed by atoms with van der Waals surface area (Å²) < 4.78 is 0. The molecule has 0 bridgehead atoms. The molecule has 0 aromatic heterocycles. The van der Waals surface area contributed by atoms with Gasteiger partial charge in [0, 0.05) is 16.1 Å². The van der Waals surface area contributed by atoms with Crippen molar-refractivity contribution in [1.29, 1.82) is 0 Å². The van der Waals surface area contributed by atoms with Gasteiger partial charge in [0.05, 0.1) is 5.02 Å². The molecule has 4 heteroatoms. The Balaban J connectivity index is 2.36. The summed E-state index contributed by atoms with van der Waals surface area (Å²) in [5.74, 6) is -0.464. The highest BCUT2D eigenvalue weighted by Crippen LogP contribution is 2.27. The van der Waals surface area contributed by atoms with Crippen molar-refractivity contribution in [3.8, 4) is 0 Å². The van der Waals surface area contributed by atoms with E-state index in [-0.39, 0.29) is 5.56 Å². The number of ketones is 1. The molecule has 1 N–H and O–H groups in total. The van der Waals surface area contributed by atoms with Crippen LogP contribution in [0, 0.1) is 0 Å². The van der Waals surface area contributed by atoms with Gasteiger partial charge in [-0.1, -0.05) is 53.5 Å². The Morgan fingerprint density at radius 2 is 1.50 bits per heavy atom. The average Bonchev–Trinajstić information content (AvgIpc) is 2.38. The van der Waals surface area contributed by atoms with Crippen molar-refractivity contribution in [3.63, 3.8) is 0 Å². The van der Waals surface area contributed by atoms with Gasteiger partial charge in [0.1, 0.15) is 6.10 Å². The van der Waals surface area contributed by atoms with Crippen LogP contribution in [0.1, 0.15) is 22.0 Å². The molecule has 0 radical (unpaired) electrons. The van der Waals surface area contributed by atoms with Crippen molar-refractivity contribution in [1.82, 2.24) is 0 Å². The van der Waals surface area contributed by atoms with Crippen molar-refractivity contribution in [2.24, 2.45) is 0 Å². The van der Waals surface area contributed by atoms with Gasteiger partial charge in [-0.15, -0.1) is 0 Å². The monoisotopic (exact) mass is 280 g/mol. The van der Waals surface area contributed by atoms with Crippen LogP contribution in [0.25, 0.3) is 0 Å². The summed E-state index contributed by atoms with van der Waals surface area (Å²) in [7, 11) is 0. The molecule has 0 aliphatic carbocycles. The third-order valence-corrected chi connectivity index (χ3v) is 3.26. The molecule has 2 aromatic carbocycles. The molecule has 0 fully saturated rings. The van der Waals surface area contributed by atoms with E-state index in [0.29, 0.717) is 15.6 Å². The fourth-order valence-electron chi connectivity index (χ4n) is 1.65. The average molecular weight is 281 g/mol. The van der Waals surface area contributed by atoms with Gasteiger partial charge in [-0.3, -0.25) is 4.79 Å². The molecule has 0 amide bonds. The highest BCUT2D eigenvalue weighted by Gasteiger charge is 2.22. The van der Waals surface area contributed by atoms with Gasteiger partial charge >= 0.3 is 0 Å². The van der Waals surface area contributed by atoms with E-state index in [9.17, 15) is 9.90 Å². The van der Waals surface area contributed by atoms with Gasteiger partial charge in [-0.2, -0.15) is 0 Å². The van der Waals surface area contributed by atoms with E-state index in [1.807, 2.05) is 0 Å². The summed E-state index contributed by atoms with van der Waals surface area (Å²) in [5.41, 5.74) is 0.663. The summed E-state index contributed by atoms with van der Waals surface area (Å²) in [6, 6.07) is 13.3. The lowest BCUT2D eigenvalue weighted by atomic mass is 10.00. The van der Waals surface area contributed by atoms with Gasteiger partial charge in [0.2, 0.25) is 0 Å². The van der Waals surface area contributed by atoms with E-state index in [0.717, 1.165) is 0 Å². The highest BCUT2D eigenvalue weighted by molar-refractivity contribution is 6.34. The number of carbonyl (C=O) groups is 1. The largest absolute Gasteiger partial charge is 0.380 e. The molecular weight excluding hydrogens is 271 g/mol. The van der Waals surface area contributed by atoms with Crippen LogP contribution in [0.3, 0.4) is 0 Å². The maximum Gasteiger partial charge on any atom is 0.197 e. The summed E-state index contributed by atoms with van der Waals surface area (Å²) >= 11 is 11.9. The van der Waals surface area contributed by atoms with Gasteiger partial charge in [0.25, 0.3) is 0 Å². The Kier molecular flexibility index (Phi) is 4.02. The quantitative estimate of drug-likeness (QED) is 0.866. The second-order valence-electron chi connectivity index (χ2n) is 3.77. The summed E-state index contributed by atoms with van der Waals surface area (Å²) in [5, 5.41) is 10.7. The second kappa shape index (κ2) is 5.53. The van der Waals surface area contributed by atoms with Gasteiger partial charge in [0.15, 0.2) is 5.78 Å². The zero-order valence-corrected chi connectivity index (χ0v) is 10.8. The van der Waals surface area contributed by atoms with Crippen LogP contribution in [0.4, 0.5) is 0 Å². The lowest BCUT2D eigenvalue weighted by Crippen LogP contribution is -2.13. The van der Waals surface area contributed by atoms with E-state index >= 15 is 0 Å². The molecule has 0 aliphatic heterocycles. The fraction of sp³-hybridized carbons (Fsp3) is 0.0714. The molecule has 2 nitrogen and oxygen atoms in total. The molecule has 2 aromatic rings. The maximum absolute atomic E-state index is 12.1. The Hall–Kier alpha value is -1.35. The number of carbonyl (C=O) groups excluding carboxylic acids is 1. The minimum Gasteiger partial charge on any atom is -0.380 e. The Labute approximate surface area is 115 Å². The molecule has 1 atom stereocenters. The van der Waals surface area contributed by atoms with Gasteiger partial charge in [-0.05, 0) is 18.2 Å². The van der Waals surface area contributed by atoms with Crippen molar-refractivity contribution in [2.45, 2.75) is 6.10 Å². The number of halogens is 2. The summed E-state index contributed by atoms with van der Waals surface area (Å²) in [6.45, 7) is 0. The summed E-state index contributed by atoms with van der Waals surface area (Å²) in [4.78, 5) is 12.1. The maximum atomic E-state index is 12.1. The molecule has 0 saturated carbocycles. The van der Waals surface area contributed by atoms with Crippen molar-refractivity contribution >= 4 is 29.0 Å². The first kappa shape index (κ1) is 13.1. The van der Waals surface area contributed by atoms with E-state index in [2.05, 4.69) is 0 Å². The zero-order chi connectivity index (χ0) is 13.1. The zero-order valence-electron chi connectivity index (χ0n) is 9.31. The van der Waals surface area contributed by atoms with Crippen molar-refractivity contribution in [3.05, 3.63) is 69.7 Å². The molecule has 92 valence electrons. The Bertz CT molecular complexity index is 582. The van der Waals surface area contributed by atoms with Crippen LogP contribution in [0.2, 0.25) is 10.0 Å². The third kappa shape index (κ3) is 2.56. The van der Waals surface area contributed by atoms with Gasteiger partial charge < -0.3 is 5.11 Å². The predicted octanol–water partition coefficient (Wildman–Crippen LogP) is 3.91. The summed E-state index contributed by atoms with van der Waals surface area (Å²) in [6.07, 6.45) is -1.31. The topological polar surface area (TPSA) is 37.3 Å².